The van der Waals surface area contributed by atoms with Gasteiger partial charge in [-0.1, -0.05) is 13.3 Å². The maximum absolute atomic E-state index is 12.0. The molecule has 3 nitrogen and oxygen atoms in total. The third-order valence-electron chi connectivity index (χ3n) is 4.24. The number of Topliss-reactive ketones (excluding diaryl/α,β-unsaturated/α-hetero) is 1. The van der Waals surface area contributed by atoms with Crippen LogP contribution < -0.4 is 0 Å². The number of aryl methyl sites for hydroxylation is 1. The second-order valence-corrected chi connectivity index (χ2v) is 6.71. The van der Waals surface area contributed by atoms with Crippen molar-refractivity contribution in [3.8, 4) is 0 Å². The van der Waals surface area contributed by atoms with Gasteiger partial charge in [0, 0.05) is 30.3 Å². The number of hydrogen-bond donors (Lipinski definition) is 0. The monoisotopic (exact) mass is 280 g/mol. The van der Waals surface area contributed by atoms with E-state index in [-0.39, 0.29) is 5.92 Å². The van der Waals surface area contributed by atoms with Crippen LogP contribution in [0.1, 0.15) is 43.2 Å². The summed E-state index contributed by atoms with van der Waals surface area (Å²) in [4.78, 5) is 19.9. The molecule has 1 aromatic heterocycles. The summed E-state index contributed by atoms with van der Waals surface area (Å²) >= 11 is 1.71. The number of carbonyl (C=O) groups is 1. The lowest BCUT2D eigenvalue weighted by atomic mass is 9.79. The Morgan fingerprint density at radius 1 is 1.53 bits per heavy atom. The van der Waals surface area contributed by atoms with Gasteiger partial charge in [-0.25, -0.2) is 4.98 Å². The van der Waals surface area contributed by atoms with Crippen molar-refractivity contribution >= 4 is 17.1 Å². The van der Waals surface area contributed by atoms with Crippen molar-refractivity contribution < 1.29 is 4.79 Å². The first kappa shape index (κ1) is 14.7. The lowest BCUT2D eigenvalue weighted by Crippen LogP contribution is -2.34. The van der Waals surface area contributed by atoms with Crippen molar-refractivity contribution in [1.82, 2.24) is 9.88 Å². The van der Waals surface area contributed by atoms with Crippen molar-refractivity contribution in [2.24, 2.45) is 11.8 Å². The fourth-order valence-corrected chi connectivity index (χ4v) is 3.77. The van der Waals surface area contributed by atoms with Crippen LogP contribution in [0.4, 0.5) is 0 Å². The van der Waals surface area contributed by atoms with E-state index in [0.717, 1.165) is 44.0 Å². The van der Waals surface area contributed by atoms with E-state index >= 15 is 0 Å². The average molecular weight is 280 g/mol. The number of rotatable bonds is 5. The summed E-state index contributed by atoms with van der Waals surface area (Å²) in [6.07, 6.45) is 4.18. The Morgan fingerprint density at radius 2 is 2.32 bits per heavy atom. The first-order valence-corrected chi connectivity index (χ1v) is 8.08. The van der Waals surface area contributed by atoms with E-state index in [1.54, 1.807) is 11.3 Å². The zero-order chi connectivity index (χ0) is 13.8. The molecule has 1 fully saturated rings. The van der Waals surface area contributed by atoms with Crippen molar-refractivity contribution in [2.75, 3.05) is 13.6 Å². The van der Waals surface area contributed by atoms with Crippen molar-refractivity contribution in [1.29, 1.82) is 0 Å². The van der Waals surface area contributed by atoms with Gasteiger partial charge >= 0.3 is 0 Å². The molecule has 1 aliphatic carbocycles. The summed E-state index contributed by atoms with van der Waals surface area (Å²) in [6.45, 7) is 6.10. The molecular weight excluding hydrogens is 256 g/mol. The number of ketones is 1. The normalized spacial score (nSPS) is 24.1. The van der Waals surface area contributed by atoms with Gasteiger partial charge in [-0.15, -0.1) is 11.3 Å². The van der Waals surface area contributed by atoms with Gasteiger partial charge in [0.25, 0.3) is 0 Å². The van der Waals surface area contributed by atoms with Crippen LogP contribution in [0, 0.1) is 18.8 Å². The highest BCUT2D eigenvalue weighted by Crippen LogP contribution is 2.29. The summed E-state index contributed by atoms with van der Waals surface area (Å²) in [5.41, 5.74) is 3.02. The van der Waals surface area contributed by atoms with Gasteiger partial charge in [-0.3, -0.25) is 4.79 Å². The fraction of sp³-hybridized carbons (Fsp3) is 0.733. The zero-order valence-corrected chi connectivity index (χ0v) is 13.0. The molecule has 1 saturated carbocycles. The molecule has 106 valence electrons. The minimum absolute atomic E-state index is 0.247. The molecule has 2 atom stereocenters. The molecule has 0 saturated heterocycles. The summed E-state index contributed by atoms with van der Waals surface area (Å²) in [7, 11) is 2.11. The van der Waals surface area contributed by atoms with Crippen LogP contribution in [0.3, 0.4) is 0 Å². The predicted molar refractivity (Wildman–Crippen MR) is 79.3 cm³/mol. The summed E-state index contributed by atoms with van der Waals surface area (Å²) in [5.74, 6) is 1.47. The molecular formula is C15H24N2OS. The van der Waals surface area contributed by atoms with Crippen molar-refractivity contribution in [3.63, 3.8) is 0 Å². The molecule has 0 aromatic carbocycles. The first-order chi connectivity index (χ1) is 9.10. The number of aromatic nitrogens is 1. The van der Waals surface area contributed by atoms with Gasteiger partial charge in [0.1, 0.15) is 5.78 Å². The van der Waals surface area contributed by atoms with Gasteiger partial charge < -0.3 is 4.90 Å². The van der Waals surface area contributed by atoms with E-state index in [0.29, 0.717) is 5.78 Å². The summed E-state index contributed by atoms with van der Waals surface area (Å²) < 4.78 is 0. The van der Waals surface area contributed by atoms with Crippen LogP contribution in [0.15, 0.2) is 5.51 Å². The van der Waals surface area contributed by atoms with Crippen LogP contribution in [0.5, 0.6) is 0 Å². The van der Waals surface area contributed by atoms with Crippen molar-refractivity contribution in [3.05, 3.63) is 16.1 Å². The molecule has 19 heavy (non-hydrogen) atoms. The van der Waals surface area contributed by atoms with Gasteiger partial charge in [0.15, 0.2) is 0 Å². The largest absolute Gasteiger partial charge is 0.301 e. The van der Waals surface area contributed by atoms with E-state index in [9.17, 15) is 4.79 Å². The average Bonchev–Trinajstić information content (AvgIpc) is 2.78. The molecule has 2 unspecified atom stereocenters. The van der Waals surface area contributed by atoms with E-state index in [2.05, 4.69) is 30.8 Å². The van der Waals surface area contributed by atoms with Gasteiger partial charge in [0.2, 0.25) is 0 Å². The quantitative estimate of drug-likeness (QED) is 0.830. The molecule has 0 amide bonds. The lowest BCUT2D eigenvalue weighted by Gasteiger charge is -2.30. The first-order valence-electron chi connectivity index (χ1n) is 7.20. The SMILES string of the molecule is CCC1CCC(=O)C(CN(C)Cc2scnc2C)C1. The Morgan fingerprint density at radius 3 is 2.95 bits per heavy atom. The van der Waals surface area contributed by atoms with Crippen molar-refractivity contribution in [2.45, 2.75) is 46.1 Å². The molecule has 0 bridgehead atoms. The van der Waals surface area contributed by atoms with Crippen LogP contribution >= 0.6 is 11.3 Å². The molecule has 1 aromatic rings. The predicted octanol–water partition coefficient (Wildman–Crippen LogP) is 3.28. The molecule has 1 aliphatic rings. The van der Waals surface area contributed by atoms with Crippen LogP contribution in [-0.4, -0.2) is 29.3 Å². The third-order valence-corrected chi connectivity index (χ3v) is 5.16. The highest BCUT2D eigenvalue weighted by molar-refractivity contribution is 7.09. The molecule has 0 radical (unpaired) electrons. The minimum Gasteiger partial charge on any atom is -0.301 e. The smallest absolute Gasteiger partial charge is 0.137 e. The molecule has 2 rings (SSSR count). The number of nitrogens with zero attached hydrogens (tertiary/aromatic N) is 2. The lowest BCUT2D eigenvalue weighted by molar-refractivity contribution is -0.126. The number of thiazole rings is 1. The fourth-order valence-electron chi connectivity index (χ4n) is 2.91. The Kier molecular flexibility index (Phi) is 5.11. The minimum atomic E-state index is 0.247. The highest BCUT2D eigenvalue weighted by atomic mass is 32.1. The van der Waals surface area contributed by atoms with Gasteiger partial charge in [0.05, 0.1) is 11.2 Å². The molecule has 0 N–H and O–H groups in total. The van der Waals surface area contributed by atoms with Gasteiger partial charge in [-0.2, -0.15) is 0 Å². The number of carbonyl (C=O) groups excluding carboxylic acids is 1. The second kappa shape index (κ2) is 6.62. The molecule has 1 heterocycles. The van der Waals surface area contributed by atoms with E-state index < -0.39 is 0 Å². The Labute approximate surface area is 120 Å². The van der Waals surface area contributed by atoms with E-state index in [1.165, 1.54) is 11.3 Å². The zero-order valence-electron chi connectivity index (χ0n) is 12.2. The maximum Gasteiger partial charge on any atom is 0.137 e. The molecule has 4 heteroatoms. The Balaban J connectivity index is 1.88. The number of hydrogen-bond acceptors (Lipinski definition) is 4. The molecule has 0 spiro atoms. The van der Waals surface area contributed by atoms with E-state index in [1.807, 2.05) is 5.51 Å². The van der Waals surface area contributed by atoms with E-state index in [4.69, 9.17) is 0 Å². The van der Waals surface area contributed by atoms with Crippen LogP contribution in [-0.2, 0) is 11.3 Å². The van der Waals surface area contributed by atoms with Crippen LogP contribution in [0.25, 0.3) is 0 Å². The Bertz CT molecular complexity index is 430. The van der Waals surface area contributed by atoms with Gasteiger partial charge in [-0.05, 0) is 32.7 Å². The highest BCUT2D eigenvalue weighted by Gasteiger charge is 2.28. The Hall–Kier alpha value is -0.740. The second-order valence-electron chi connectivity index (χ2n) is 5.77. The summed E-state index contributed by atoms with van der Waals surface area (Å²) in [6, 6.07) is 0. The standard InChI is InChI=1S/C15H24N2OS/c1-4-12-5-6-14(18)13(7-12)8-17(3)9-15-11(2)16-10-19-15/h10,12-13H,4-9H2,1-3H3. The third kappa shape index (κ3) is 3.86. The maximum atomic E-state index is 12.0. The summed E-state index contributed by atoms with van der Waals surface area (Å²) in [5, 5.41) is 0. The molecule has 0 aliphatic heterocycles. The van der Waals surface area contributed by atoms with Crippen LogP contribution in [0.2, 0.25) is 0 Å². The topological polar surface area (TPSA) is 33.2 Å².